The number of ether oxygens (including phenoxy) is 2. The van der Waals surface area contributed by atoms with Gasteiger partial charge in [-0.25, -0.2) is 12.8 Å². The molecule has 0 saturated heterocycles. The van der Waals surface area contributed by atoms with Crippen molar-refractivity contribution >= 4 is 27.3 Å². The van der Waals surface area contributed by atoms with Crippen molar-refractivity contribution < 1.29 is 27.1 Å². The monoisotopic (exact) mass is 392 g/mol. The number of aryl methyl sites for hydroxylation is 1. The molecular formula is C18H17FN2O5S. The molecule has 2 aromatic carbocycles. The summed E-state index contributed by atoms with van der Waals surface area (Å²) in [6.07, 6.45) is 1.20. The third kappa shape index (κ3) is 4.37. The summed E-state index contributed by atoms with van der Waals surface area (Å²) in [6.45, 7) is 2.20. The molecule has 1 amide bonds. The van der Waals surface area contributed by atoms with Crippen molar-refractivity contribution in [1.82, 2.24) is 0 Å². The highest BCUT2D eigenvalue weighted by molar-refractivity contribution is 7.92. The van der Waals surface area contributed by atoms with Gasteiger partial charge in [-0.3, -0.25) is 9.52 Å². The van der Waals surface area contributed by atoms with Gasteiger partial charge in [0.05, 0.1) is 10.6 Å². The molecule has 2 aromatic rings. The third-order valence-corrected chi connectivity index (χ3v) is 5.23. The molecule has 0 aromatic heterocycles. The van der Waals surface area contributed by atoms with Gasteiger partial charge in [0.15, 0.2) is 0 Å². The second-order valence-electron chi connectivity index (χ2n) is 5.72. The fraction of sp³-hybridized carbons (Fsp3) is 0.167. The summed E-state index contributed by atoms with van der Waals surface area (Å²) in [4.78, 5) is 12.1. The summed E-state index contributed by atoms with van der Waals surface area (Å²) in [6, 6.07) is 9.84. The van der Waals surface area contributed by atoms with Crippen LogP contribution in [-0.2, 0) is 24.3 Å². The van der Waals surface area contributed by atoms with Crippen molar-refractivity contribution in [3.8, 4) is 0 Å². The molecule has 3 rings (SSSR count). The number of carbonyl (C=O) groups excluding carboxylic acids is 1. The van der Waals surface area contributed by atoms with Crippen LogP contribution in [0.2, 0.25) is 0 Å². The standard InChI is InChI=1S/C18H17FN2O5S/c1-12-6-7-13(20-18(22)16-11-25-8-9-26-16)10-17(12)27(23,24)21-15-5-3-2-4-14(15)19/h2-7,10-11,21H,8-9H2,1H3,(H,20,22). The molecule has 2 N–H and O–H groups in total. The maximum absolute atomic E-state index is 13.8. The number of anilines is 2. The third-order valence-electron chi connectivity index (χ3n) is 3.73. The van der Waals surface area contributed by atoms with Crippen molar-refractivity contribution in [1.29, 1.82) is 0 Å². The molecule has 27 heavy (non-hydrogen) atoms. The summed E-state index contributed by atoms with van der Waals surface area (Å²) < 4.78 is 51.5. The predicted octanol–water partition coefficient (Wildman–Crippen LogP) is 2.76. The number of hydrogen-bond donors (Lipinski definition) is 2. The van der Waals surface area contributed by atoms with E-state index in [0.717, 1.165) is 6.07 Å². The molecular weight excluding hydrogens is 375 g/mol. The highest BCUT2D eigenvalue weighted by Crippen LogP contribution is 2.24. The molecule has 0 bridgehead atoms. The number of hydrogen-bond acceptors (Lipinski definition) is 5. The zero-order valence-electron chi connectivity index (χ0n) is 14.4. The van der Waals surface area contributed by atoms with Gasteiger partial charge < -0.3 is 14.8 Å². The van der Waals surface area contributed by atoms with E-state index in [0.29, 0.717) is 12.2 Å². The molecule has 9 heteroatoms. The number of benzene rings is 2. The molecule has 0 atom stereocenters. The summed E-state index contributed by atoms with van der Waals surface area (Å²) >= 11 is 0. The number of sulfonamides is 1. The van der Waals surface area contributed by atoms with Gasteiger partial charge in [0.2, 0.25) is 5.76 Å². The Balaban J connectivity index is 1.85. The van der Waals surface area contributed by atoms with Crippen LogP contribution in [0.5, 0.6) is 0 Å². The average Bonchev–Trinajstić information content (AvgIpc) is 2.65. The van der Waals surface area contributed by atoms with Gasteiger partial charge in [0, 0.05) is 5.69 Å². The van der Waals surface area contributed by atoms with E-state index in [1.54, 1.807) is 13.0 Å². The van der Waals surface area contributed by atoms with Gasteiger partial charge in [-0.2, -0.15) is 0 Å². The van der Waals surface area contributed by atoms with Crippen molar-refractivity contribution in [2.45, 2.75) is 11.8 Å². The smallest absolute Gasteiger partial charge is 0.294 e. The molecule has 1 aliphatic rings. The lowest BCUT2D eigenvalue weighted by Crippen LogP contribution is -2.21. The highest BCUT2D eigenvalue weighted by atomic mass is 32.2. The maximum Gasteiger partial charge on any atom is 0.294 e. The molecule has 0 saturated carbocycles. The van der Waals surface area contributed by atoms with Crippen molar-refractivity contribution in [3.63, 3.8) is 0 Å². The first kappa shape index (κ1) is 18.7. The zero-order valence-corrected chi connectivity index (χ0v) is 15.2. The molecule has 1 heterocycles. The van der Waals surface area contributed by atoms with Gasteiger partial charge in [0.1, 0.15) is 25.3 Å². The summed E-state index contributed by atoms with van der Waals surface area (Å²) in [7, 11) is -4.06. The van der Waals surface area contributed by atoms with Gasteiger partial charge in [-0.05, 0) is 36.8 Å². The molecule has 0 fully saturated rings. The number of nitrogens with one attached hydrogen (secondary N) is 2. The highest BCUT2D eigenvalue weighted by Gasteiger charge is 2.21. The van der Waals surface area contributed by atoms with Gasteiger partial charge in [-0.1, -0.05) is 18.2 Å². The van der Waals surface area contributed by atoms with E-state index < -0.39 is 21.7 Å². The van der Waals surface area contributed by atoms with Crippen molar-refractivity contribution in [3.05, 3.63) is 65.9 Å². The van der Waals surface area contributed by atoms with Crippen molar-refractivity contribution in [2.24, 2.45) is 0 Å². The molecule has 142 valence electrons. The number of para-hydroxylation sites is 1. The lowest BCUT2D eigenvalue weighted by molar-refractivity contribution is -0.117. The molecule has 0 radical (unpaired) electrons. The predicted molar refractivity (Wildman–Crippen MR) is 97.0 cm³/mol. The summed E-state index contributed by atoms with van der Waals surface area (Å²) in [5.41, 5.74) is 0.520. The van der Waals surface area contributed by atoms with E-state index in [9.17, 15) is 17.6 Å². The second-order valence-corrected chi connectivity index (χ2v) is 7.37. The molecule has 0 spiro atoms. The van der Waals surface area contributed by atoms with Gasteiger partial charge >= 0.3 is 0 Å². The van der Waals surface area contributed by atoms with E-state index >= 15 is 0 Å². The molecule has 1 aliphatic heterocycles. The van der Waals surface area contributed by atoms with Crippen LogP contribution in [-0.4, -0.2) is 27.5 Å². The SMILES string of the molecule is Cc1ccc(NC(=O)C2=COCCO2)cc1S(=O)(=O)Nc1ccccc1F. The summed E-state index contributed by atoms with van der Waals surface area (Å²) in [5, 5.41) is 2.55. The Morgan fingerprint density at radius 1 is 1.15 bits per heavy atom. The Morgan fingerprint density at radius 3 is 2.63 bits per heavy atom. The lowest BCUT2D eigenvalue weighted by atomic mass is 10.2. The largest absolute Gasteiger partial charge is 0.494 e. The van der Waals surface area contributed by atoms with Crippen LogP contribution in [0.1, 0.15) is 5.56 Å². The average molecular weight is 392 g/mol. The van der Waals surface area contributed by atoms with Crippen LogP contribution < -0.4 is 10.0 Å². The van der Waals surface area contributed by atoms with Crippen LogP contribution >= 0.6 is 0 Å². The maximum atomic E-state index is 13.8. The minimum Gasteiger partial charge on any atom is -0.494 e. The fourth-order valence-corrected chi connectivity index (χ4v) is 3.73. The Bertz CT molecular complexity index is 1000. The Labute approximate surface area is 155 Å². The first-order valence-electron chi connectivity index (χ1n) is 8.01. The minimum absolute atomic E-state index is 0.00397. The normalized spacial score (nSPS) is 13.8. The number of rotatable bonds is 5. The topological polar surface area (TPSA) is 93.7 Å². The Morgan fingerprint density at radius 2 is 1.93 bits per heavy atom. The van der Waals surface area contributed by atoms with Gasteiger partial charge in [-0.15, -0.1) is 0 Å². The van der Waals surface area contributed by atoms with E-state index in [1.807, 2.05) is 0 Å². The van der Waals surface area contributed by atoms with Crippen molar-refractivity contribution in [2.75, 3.05) is 23.3 Å². The fourth-order valence-electron chi connectivity index (χ4n) is 2.39. The second kappa shape index (κ2) is 7.67. The number of halogens is 1. The molecule has 0 aliphatic carbocycles. The Kier molecular flexibility index (Phi) is 5.31. The van der Waals surface area contributed by atoms with E-state index in [2.05, 4.69) is 10.0 Å². The zero-order chi connectivity index (χ0) is 19.4. The first-order chi connectivity index (χ1) is 12.9. The van der Waals surface area contributed by atoms with Crippen LogP contribution in [0.25, 0.3) is 0 Å². The van der Waals surface area contributed by atoms with Gasteiger partial charge in [0.25, 0.3) is 15.9 Å². The van der Waals surface area contributed by atoms with E-state index in [1.165, 1.54) is 36.6 Å². The number of carbonyl (C=O) groups is 1. The minimum atomic E-state index is -4.06. The molecule has 0 unspecified atom stereocenters. The quantitative estimate of drug-likeness (QED) is 0.816. The number of amides is 1. The summed E-state index contributed by atoms with van der Waals surface area (Å²) in [5.74, 6) is -1.26. The van der Waals surface area contributed by atoms with Crippen LogP contribution in [0.15, 0.2) is 59.4 Å². The van der Waals surface area contributed by atoms with Crippen LogP contribution in [0.3, 0.4) is 0 Å². The molecule has 7 nitrogen and oxygen atoms in total. The van der Waals surface area contributed by atoms with E-state index in [-0.39, 0.29) is 28.6 Å². The van der Waals surface area contributed by atoms with Crippen LogP contribution in [0.4, 0.5) is 15.8 Å². The first-order valence-corrected chi connectivity index (χ1v) is 9.49. The Hall–Kier alpha value is -3.07. The lowest BCUT2D eigenvalue weighted by Gasteiger charge is -2.16. The van der Waals surface area contributed by atoms with E-state index in [4.69, 9.17) is 9.47 Å². The van der Waals surface area contributed by atoms with Crippen LogP contribution in [0, 0.1) is 12.7 Å².